The summed E-state index contributed by atoms with van der Waals surface area (Å²) in [5, 5.41) is 3.03. The number of rotatable bonds is 7. The second-order valence-electron chi connectivity index (χ2n) is 6.24. The van der Waals surface area contributed by atoms with Gasteiger partial charge in [-0.05, 0) is 42.3 Å². The van der Waals surface area contributed by atoms with Gasteiger partial charge in [0.05, 0.1) is 18.7 Å². The number of carbonyl (C=O) groups excluding carboxylic acids is 1. The topological polar surface area (TPSA) is 47.6 Å². The third-order valence-electron chi connectivity index (χ3n) is 4.33. The normalized spacial score (nSPS) is 11.5. The lowest BCUT2D eigenvalue weighted by Gasteiger charge is -2.17. The molecule has 0 saturated carbocycles. The van der Waals surface area contributed by atoms with E-state index in [0.717, 1.165) is 16.9 Å². The number of carbonyl (C=O) groups is 1. The number of para-hydroxylation sites is 1. The summed E-state index contributed by atoms with van der Waals surface area (Å²) in [7, 11) is 1.63. The Hall–Kier alpha value is -3.27. The first-order valence-corrected chi connectivity index (χ1v) is 8.88. The molecule has 3 aromatic rings. The highest BCUT2D eigenvalue weighted by atomic mass is 16.5. The van der Waals surface area contributed by atoms with Crippen molar-refractivity contribution >= 4 is 5.91 Å². The molecule has 0 aliphatic heterocycles. The van der Waals surface area contributed by atoms with Crippen LogP contribution in [-0.4, -0.2) is 13.0 Å². The summed E-state index contributed by atoms with van der Waals surface area (Å²) in [4.78, 5) is 12.8. The molecule has 0 spiro atoms. The van der Waals surface area contributed by atoms with E-state index in [1.54, 1.807) is 13.2 Å². The van der Waals surface area contributed by atoms with Gasteiger partial charge in [-0.15, -0.1) is 0 Å². The molecule has 0 radical (unpaired) electrons. The van der Waals surface area contributed by atoms with Crippen LogP contribution >= 0.6 is 0 Å². The van der Waals surface area contributed by atoms with Crippen molar-refractivity contribution in [3.8, 4) is 11.5 Å². The monoisotopic (exact) mass is 361 g/mol. The molecule has 27 heavy (non-hydrogen) atoms. The summed E-state index contributed by atoms with van der Waals surface area (Å²) in [6, 6.07) is 24.7. The predicted molar refractivity (Wildman–Crippen MR) is 106 cm³/mol. The van der Waals surface area contributed by atoms with Crippen molar-refractivity contribution in [3.05, 3.63) is 95.6 Å². The molecule has 0 aromatic heterocycles. The van der Waals surface area contributed by atoms with Gasteiger partial charge < -0.3 is 14.8 Å². The number of methoxy groups -OCH3 is 1. The van der Waals surface area contributed by atoms with Crippen LogP contribution in [0.25, 0.3) is 0 Å². The largest absolute Gasteiger partial charge is 0.497 e. The summed E-state index contributed by atoms with van der Waals surface area (Å²) < 4.78 is 11.1. The molecule has 1 atom stereocenters. The van der Waals surface area contributed by atoms with Crippen molar-refractivity contribution in [2.75, 3.05) is 7.11 Å². The number of ether oxygens (including phenoxy) is 2. The Morgan fingerprint density at radius 2 is 1.59 bits per heavy atom. The minimum atomic E-state index is -0.165. The zero-order chi connectivity index (χ0) is 19.1. The zero-order valence-corrected chi connectivity index (χ0v) is 15.5. The van der Waals surface area contributed by atoms with Crippen LogP contribution in [0.2, 0.25) is 0 Å². The van der Waals surface area contributed by atoms with Gasteiger partial charge in [0.25, 0.3) is 5.91 Å². The molecule has 0 heterocycles. The molecule has 0 fully saturated rings. The van der Waals surface area contributed by atoms with Crippen molar-refractivity contribution in [2.45, 2.75) is 19.6 Å². The maximum atomic E-state index is 12.8. The van der Waals surface area contributed by atoms with Crippen LogP contribution in [0, 0.1) is 0 Å². The Morgan fingerprint density at radius 3 is 2.30 bits per heavy atom. The number of hydrogen-bond acceptors (Lipinski definition) is 3. The molecule has 4 nitrogen and oxygen atoms in total. The fourth-order valence-electron chi connectivity index (χ4n) is 2.77. The maximum absolute atomic E-state index is 12.8. The van der Waals surface area contributed by atoms with Gasteiger partial charge in [-0.3, -0.25) is 4.79 Å². The van der Waals surface area contributed by atoms with Crippen molar-refractivity contribution < 1.29 is 14.3 Å². The van der Waals surface area contributed by atoms with E-state index in [4.69, 9.17) is 9.47 Å². The smallest absolute Gasteiger partial charge is 0.255 e. The fraction of sp³-hybridized carbons (Fsp3) is 0.174. The number of nitrogens with one attached hydrogen (secondary N) is 1. The minimum absolute atomic E-state index is 0.134. The highest BCUT2D eigenvalue weighted by Crippen LogP contribution is 2.22. The number of hydrogen-bond donors (Lipinski definition) is 1. The minimum Gasteiger partial charge on any atom is -0.497 e. The zero-order valence-electron chi connectivity index (χ0n) is 15.5. The summed E-state index contributed by atoms with van der Waals surface area (Å²) in [5.41, 5.74) is 2.58. The fourth-order valence-corrected chi connectivity index (χ4v) is 2.77. The van der Waals surface area contributed by atoms with E-state index in [9.17, 15) is 4.79 Å². The standard InChI is InChI=1S/C23H23NO3/c1-17(19-12-14-20(26-2)15-13-19)24-23(25)21-10-6-7-11-22(21)27-16-18-8-4-3-5-9-18/h3-15,17H,16H2,1-2H3,(H,24,25)/t17-/m1/s1. The van der Waals surface area contributed by atoms with Crippen LogP contribution in [0.4, 0.5) is 0 Å². The van der Waals surface area contributed by atoms with Gasteiger partial charge in [0.1, 0.15) is 18.1 Å². The Kier molecular flexibility index (Phi) is 6.10. The molecule has 0 saturated heterocycles. The highest BCUT2D eigenvalue weighted by molar-refractivity contribution is 5.97. The Bertz CT molecular complexity index is 876. The van der Waals surface area contributed by atoms with Crippen LogP contribution in [0.15, 0.2) is 78.9 Å². The second-order valence-corrected chi connectivity index (χ2v) is 6.24. The van der Waals surface area contributed by atoms with E-state index in [-0.39, 0.29) is 11.9 Å². The van der Waals surface area contributed by atoms with Crippen molar-refractivity contribution in [3.63, 3.8) is 0 Å². The summed E-state index contributed by atoms with van der Waals surface area (Å²) >= 11 is 0. The first kappa shape index (κ1) is 18.5. The molecule has 3 aromatic carbocycles. The molecule has 138 valence electrons. The Labute approximate surface area is 159 Å². The second kappa shape index (κ2) is 8.90. The third kappa shape index (κ3) is 4.88. The van der Waals surface area contributed by atoms with E-state index in [2.05, 4.69) is 5.32 Å². The van der Waals surface area contributed by atoms with E-state index < -0.39 is 0 Å². The molecule has 0 aliphatic carbocycles. The third-order valence-corrected chi connectivity index (χ3v) is 4.33. The van der Waals surface area contributed by atoms with E-state index in [1.165, 1.54) is 0 Å². The van der Waals surface area contributed by atoms with E-state index in [0.29, 0.717) is 17.9 Å². The lowest BCUT2D eigenvalue weighted by Crippen LogP contribution is -2.27. The number of amides is 1. The SMILES string of the molecule is COc1ccc([C@@H](C)NC(=O)c2ccccc2OCc2ccccc2)cc1. The lowest BCUT2D eigenvalue weighted by atomic mass is 10.1. The van der Waals surface area contributed by atoms with Gasteiger partial charge in [0.15, 0.2) is 0 Å². The Balaban J connectivity index is 1.68. The van der Waals surface area contributed by atoms with Crippen LogP contribution in [0.3, 0.4) is 0 Å². The van der Waals surface area contributed by atoms with Gasteiger partial charge >= 0.3 is 0 Å². The highest BCUT2D eigenvalue weighted by Gasteiger charge is 2.15. The van der Waals surface area contributed by atoms with E-state index in [1.807, 2.05) is 79.7 Å². The van der Waals surface area contributed by atoms with Crippen LogP contribution in [0.5, 0.6) is 11.5 Å². The average Bonchev–Trinajstić information content (AvgIpc) is 2.73. The van der Waals surface area contributed by atoms with Crippen LogP contribution < -0.4 is 14.8 Å². The number of benzene rings is 3. The average molecular weight is 361 g/mol. The van der Waals surface area contributed by atoms with Gasteiger partial charge in [0, 0.05) is 0 Å². The predicted octanol–water partition coefficient (Wildman–Crippen LogP) is 4.77. The summed E-state index contributed by atoms with van der Waals surface area (Å²) in [6.45, 7) is 2.37. The molecule has 0 aliphatic rings. The molecule has 1 N–H and O–H groups in total. The Morgan fingerprint density at radius 1 is 0.926 bits per heavy atom. The van der Waals surface area contributed by atoms with Gasteiger partial charge in [-0.25, -0.2) is 0 Å². The molecule has 0 bridgehead atoms. The van der Waals surface area contributed by atoms with Gasteiger partial charge in [0.2, 0.25) is 0 Å². The summed E-state index contributed by atoms with van der Waals surface area (Å²) in [5.74, 6) is 1.19. The molecule has 0 unspecified atom stereocenters. The van der Waals surface area contributed by atoms with Crippen LogP contribution in [0.1, 0.15) is 34.5 Å². The van der Waals surface area contributed by atoms with Gasteiger partial charge in [-0.2, -0.15) is 0 Å². The first-order chi connectivity index (χ1) is 13.2. The van der Waals surface area contributed by atoms with Gasteiger partial charge in [-0.1, -0.05) is 54.6 Å². The summed E-state index contributed by atoms with van der Waals surface area (Å²) in [6.07, 6.45) is 0. The molecular formula is C23H23NO3. The quantitative estimate of drug-likeness (QED) is 0.660. The van der Waals surface area contributed by atoms with E-state index >= 15 is 0 Å². The van der Waals surface area contributed by atoms with Crippen molar-refractivity contribution in [1.82, 2.24) is 5.32 Å². The van der Waals surface area contributed by atoms with Crippen molar-refractivity contribution in [1.29, 1.82) is 0 Å². The van der Waals surface area contributed by atoms with Crippen molar-refractivity contribution in [2.24, 2.45) is 0 Å². The molecular weight excluding hydrogens is 338 g/mol. The van der Waals surface area contributed by atoms with Crippen LogP contribution in [-0.2, 0) is 6.61 Å². The molecule has 3 rings (SSSR count). The maximum Gasteiger partial charge on any atom is 0.255 e. The first-order valence-electron chi connectivity index (χ1n) is 8.88. The lowest BCUT2D eigenvalue weighted by molar-refractivity contribution is 0.0935. The molecule has 1 amide bonds. The molecule has 4 heteroatoms.